The van der Waals surface area contributed by atoms with Crippen molar-refractivity contribution < 1.29 is 9.53 Å². The van der Waals surface area contributed by atoms with E-state index in [1.165, 1.54) is 25.7 Å². The van der Waals surface area contributed by atoms with Crippen molar-refractivity contribution >= 4 is 5.78 Å². The van der Waals surface area contributed by atoms with E-state index in [0.29, 0.717) is 17.9 Å². The van der Waals surface area contributed by atoms with Crippen molar-refractivity contribution in [2.75, 3.05) is 19.7 Å². The Morgan fingerprint density at radius 3 is 2.71 bits per heavy atom. The summed E-state index contributed by atoms with van der Waals surface area (Å²) in [5.74, 6) is 0.612. The second kappa shape index (κ2) is 5.96. The van der Waals surface area contributed by atoms with Crippen molar-refractivity contribution in [1.29, 1.82) is 0 Å². The lowest BCUT2D eigenvalue weighted by Crippen LogP contribution is -2.48. The molecule has 0 bridgehead atoms. The summed E-state index contributed by atoms with van der Waals surface area (Å²) in [7, 11) is 0. The van der Waals surface area contributed by atoms with Crippen LogP contribution in [0.15, 0.2) is 0 Å². The van der Waals surface area contributed by atoms with E-state index in [4.69, 9.17) is 4.74 Å². The third kappa shape index (κ3) is 3.29. The number of rotatable bonds is 4. The summed E-state index contributed by atoms with van der Waals surface area (Å²) < 4.78 is 5.89. The first-order chi connectivity index (χ1) is 8.18. The molecular formula is C14H25NO2. The van der Waals surface area contributed by atoms with Gasteiger partial charge in [-0.15, -0.1) is 0 Å². The quantitative estimate of drug-likeness (QED) is 0.753. The van der Waals surface area contributed by atoms with E-state index in [0.717, 1.165) is 26.1 Å². The zero-order chi connectivity index (χ0) is 12.3. The zero-order valence-corrected chi connectivity index (χ0v) is 11.2. The Balaban J connectivity index is 1.69. The Kier molecular flexibility index (Phi) is 4.57. The summed E-state index contributed by atoms with van der Waals surface area (Å²) in [4.78, 5) is 14.0. The van der Waals surface area contributed by atoms with E-state index in [1.807, 2.05) is 0 Å². The van der Waals surface area contributed by atoms with Crippen LogP contribution in [0.5, 0.6) is 0 Å². The number of carbonyl (C=O) groups excluding carboxylic acids is 1. The van der Waals surface area contributed by atoms with Crippen molar-refractivity contribution in [3.8, 4) is 0 Å². The van der Waals surface area contributed by atoms with Gasteiger partial charge < -0.3 is 4.74 Å². The summed E-state index contributed by atoms with van der Waals surface area (Å²) >= 11 is 0. The zero-order valence-electron chi connectivity index (χ0n) is 11.2. The van der Waals surface area contributed by atoms with Crippen molar-refractivity contribution in [2.24, 2.45) is 5.92 Å². The van der Waals surface area contributed by atoms with Crippen LogP contribution in [-0.2, 0) is 9.53 Å². The van der Waals surface area contributed by atoms with Gasteiger partial charge in [0.25, 0.3) is 0 Å². The molecule has 0 spiro atoms. The van der Waals surface area contributed by atoms with Crippen LogP contribution in [0.1, 0.15) is 46.0 Å². The molecule has 1 saturated heterocycles. The van der Waals surface area contributed by atoms with Gasteiger partial charge in [-0.3, -0.25) is 9.69 Å². The van der Waals surface area contributed by atoms with Gasteiger partial charge in [0.2, 0.25) is 0 Å². The first-order valence-corrected chi connectivity index (χ1v) is 7.07. The van der Waals surface area contributed by atoms with Crippen LogP contribution >= 0.6 is 0 Å². The largest absolute Gasteiger partial charge is 0.377 e. The van der Waals surface area contributed by atoms with Crippen molar-refractivity contribution in [1.82, 2.24) is 4.90 Å². The molecule has 2 aliphatic rings. The van der Waals surface area contributed by atoms with Gasteiger partial charge in [0.15, 0.2) is 0 Å². The van der Waals surface area contributed by atoms with E-state index in [9.17, 15) is 4.79 Å². The number of hydrogen-bond donors (Lipinski definition) is 0. The number of ether oxygens (including phenoxy) is 1. The predicted molar refractivity (Wildman–Crippen MR) is 68.0 cm³/mol. The molecule has 3 heteroatoms. The molecule has 3 nitrogen and oxygen atoms in total. The molecule has 0 radical (unpaired) electrons. The van der Waals surface area contributed by atoms with Crippen LogP contribution in [0.25, 0.3) is 0 Å². The lowest BCUT2D eigenvalue weighted by molar-refractivity contribution is -0.128. The average molecular weight is 239 g/mol. The van der Waals surface area contributed by atoms with Crippen LogP contribution in [0.4, 0.5) is 0 Å². The Hall–Kier alpha value is -0.410. The molecule has 1 aliphatic heterocycles. The maximum atomic E-state index is 11.6. The van der Waals surface area contributed by atoms with Crippen LogP contribution in [-0.4, -0.2) is 42.5 Å². The Morgan fingerprint density at radius 2 is 2.00 bits per heavy atom. The first kappa shape index (κ1) is 13.0. The molecule has 0 aromatic heterocycles. The molecule has 1 saturated carbocycles. The molecule has 98 valence electrons. The second-order valence-corrected chi connectivity index (χ2v) is 5.56. The SMILES string of the molecule is CC1C(=O)CCN(CCOC2CCCC2)C1C. The highest BCUT2D eigenvalue weighted by atomic mass is 16.5. The van der Waals surface area contributed by atoms with Crippen LogP contribution < -0.4 is 0 Å². The van der Waals surface area contributed by atoms with Gasteiger partial charge >= 0.3 is 0 Å². The summed E-state index contributed by atoms with van der Waals surface area (Å²) in [6.45, 7) is 6.94. The number of piperidine rings is 1. The van der Waals surface area contributed by atoms with E-state index in [-0.39, 0.29) is 5.92 Å². The minimum absolute atomic E-state index is 0.190. The summed E-state index contributed by atoms with van der Waals surface area (Å²) in [5.41, 5.74) is 0. The van der Waals surface area contributed by atoms with Gasteiger partial charge in [0.05, 0.1) is 12.7 Å². The number of hydrogen-bond acceptors (Lipinski definition) is 3. The smallest absolute Gasteiger partial charge is 0.138 e. The van der Waals surface area contributed by atoms with Gasteiger partial charge in [-0.2, -0.15) is 0 Å². The van der Waals surface area contributed by atoms with Crippen molar-refractivity contribution in [2.45, 2.75) is 58.1 Å². The number of ketones is 1. The maximum absolute atomic E-state index is 11.6. The Bertz CT molecular complexity index is 261. The van der Waals surface area contributed by atoms with Gasteiger partial charge in [0, 0.05) is 31.5 Å². The minimum Gasteiger partial charge on any atom is -0.377 e. The van der Waals surface area contributed by atoms with E-state index in [2.05, 4.69) is 18.7 Å². The fourth-order valence-electron chi connectivity index (χ4n) is 2.98. The summed E-state index contributed by atoms with van der Waals surface area (Å²) in [6, 6.07) is 0.378. The monoisotopic (exact) mass is 239 g/mol. The number of nitrogens with zero attached hydrogens (tertiary/aromatic N) is 1. The first-order valence-electron chi connectivity index (χ1n) is 7.07. The predicted octanol–water partition coefficient (Wildman–Crippen LogP) is 2.25. The molecule has 2 atom stereocenters. The van der Waals surface area contributed by atoms with Crippen molar-refractivity contribution in [3.05, 3.63) is 0 Å². The molecular weight excluding hydrogens is 214 g/mol. The van der Waals surface area contributed by atoms with E-state index < -0.39 is 0 Å². The second-order valence-electron chi connectivity index (χ2n) is 5.56. The summed E-state index contributed by atoms with van der Waals surface area (Å²) in [5, 5.41) is 0. The molecule has 2 rings (SSSR count). The highest BCUT2D eigenvalue weighted by Gasteiger charge is 2.30. The van der Waals surface area contributed by atoms with Gasteiger partial charge in [-0.1, -0.05) is 19.8 Å². The average Bonchev–Trinajstić information content (AvgIpc) is 2.82. The third-order valence-corrected chi connectivity index (χ3v) is 4.49. The number of Topliss-reactive ketones (excluding diaryl/α,β-unsaturated/α-hetero) is 1. The molecule has 17 heavy (non-hydrogen) atoms. The molecule has 2 fully saturated rings. The highest BCUT2D eigenvalue weighted by molar-refractivity contribution is 5.82. The third-order valence-electron chi connectivity index (χ3n) is 4.49. The Labute approximate surface area is 105 Å². The maximum Gasteiger partial charge on any atom is 0.138 e. The summed E-state index contributed by atoms with van der Waals surface area (Å²) in [6.07, 6.45) is 6.37. The minimum atomic E-state index is 0.190. The molecule has 0 N–H and O–H groups in total. The lowest BCUT2D eigenvalue weighted by atomic mass is 9.91. The fourth-order valence-corrected chi connectivity index (χ4v) is 2.98. The normalized spacial score (nSPS) is 32.2. The molecule has 2 unspecified atom stereocenters. The molecule has 0 aromatic rings. The Morgan fingerprint density at radius 1 is 1.29 bits per heavy atom. The standard InChI is InChI=1S/C14H25NO2/c1-11-12(2)15(8-7-14(11)16)9-10-17-13-5-3-4-6-13/h11-13H,3-10H2,1-2H3. The van der Waals surface area contributed by atoms with Crippen LogP contribution in [0.2, 0.25) is 0 Å². The molecule has 1 heterocycles. The van der Waals surface area contributed by atoms with Gasteiger partial charge in [-0.05, 0) is 19.8 Å². The molecule has 0 aromatic carbocycles. The van der Waals surface area contributed by atoms with Crippen LogP contribution in [0, 0.1) is 5.92 Å². The van der Waals surface area contributed by atoms with E-state index >= 15 is 0 Å². The molecule has 0 amide bonds. The van der Waals surface area contributed by atoms with Gasteiger partial charge in [-0.25, -0.2) is 0 Å². The fraction of sp³-hybridized carbons (Fsp3) is 0.929. The number of carbonyl (C=O) groups is 1. The van der Waals surface area contributed by atoms with Crippen molar-refractivity contribution in [3.63, 3.8) is 0 Å². The van der Waals surface area contributed by atoms with Gasteiger partial charge in [0.1, 0.15) is 5.78 Å². The molecule has 1 aliphatic carbocycles. The van der Waals surface area contributed by atoms with E-state index in [1.54, 1.807) is 0 Å². The number of likely N-dealkylation sites (tertiary alicyclic amines) is 1. The highest BCUT2D eigenvalue weighted by Crippen LogP contribution is 2.22. The topological polar surface area (TPSA) is 29.5 Å². The van der Waals surface area contributed by atoms with Crippen LogP contribution in [0.3, 0.4) is 0 Å². The lowest BCUT2D eigenvalue weighted by Gasteiger charge is -2.37.